The summed E-state index contributed by atoms with van der Waals surface area (Å²) in [6.45, 7) is 3.51. The fraction of sp³-hybridized carbons (Fsp3) is 0.632. The van der Waals surface area contributed by atoms with Gasteiger partial charge in [-0.05, 0) is 39.0 Å². The molecule has 138 valence electrons. The third-order valence-electron chi connectivity index (χ3n) is 5.22. The largest absolute Gasteiger partial charge is 0.377 e. The van der Waals surface area contributed by atoms with E-state index in [0.29, 0.717) is 32.5 Å². The molecule has 2 heterocycles. The lowest BCUT2D eigenvalue weighted by atomic mass is 9.89. The number of hydrogen-bond acceptors (Lipinski definition) is 4. The fourth-order valence-corrected chi connectivity index (χ4v) is 5.34. The SMILES string of the molecule is Cc1ccc(C(=O)C2CCN(S(=O)(=O)CC3CCCCO3)CC2)cc1. The summed E-state index contributed by atoms with van der Waals surface area (Å²) < 4.78 is 32.3. The first-order valence-electron chi connectivity index (χ1n) is 9.16. The zero-order valence-electron chi connectivity index (χ0n) is 14.8. The molecule has 0 amide bonds. The van der Waals surface area contributed by atoms with Gasteiger partial charge < -0.3 is 4.74 Å². The Hall–Kier alpha value is -1.24. The van der Waals surface area contributed by atoms with Crippen molar-refractivity contribution in [2.45, 2.75) is 45.1 Å². The van der Waals surface area contributed by atoms with Gasteiger partial charge in [0.2, 0.25) is 10.0 Å². The van der Waals surface area contributed by atoms with E-state index >= 15 is 0 Å². The Labute approximate surface area is 150 Å². The highest BCUT2D eigenvalue weighted by molar-refractivity contribution is 7.89. The van der Waals surface area contributed by atoms with Crippen molar-refractivity contribution in [3.05, 3.63) is 35.4 Å². The van der Waals surface area contributed by atoms with Gasteiger partial charge in [-0.1, -0.05) is 29.8 Å². The Morgan fingerprint density at radius 1 is 1.12 bits per heavy atom. The van der Waals surface area contributed by atoms with Crippen LogP contribution >= 0.6 is 0 Å². The Bertz CT molecular complexity index is 685. The summed E-state index contributed by atoms with van der Waals surface area (Å²) in [5, 5.41) is 0. The lowest BCUT2D eigenvalue weighted by molar-refractivity contribution is 0.0297. The molecule has 0 radical (unpaired) electrons. The monoisotopic (exact) mass is 365 g/mol. The van der Waals surface area contributed by atoms with Gasteiger partial charge in [0.05, 0.1) is 11.9 Å². The van der Waals surface area contributed by atoms with Gasteiger partial charge in [-0.2, -0.15) is 0 Å². The predicted molar refractivity (Wildman–Crippen MR) is 97.2 cm³/mol. The van der Waals surface area contributed by atoms with Crippen molar-refractivity contribution < 1.29 is 17.9 Å². The lowest BCUT2D eigenvalue weighted by Crippen LogP contribution is -2.44. The third kappa shape index (κ3) is 4.68. The first-order chi connectivity index (χ1) is 12.0. The molecular formula is C19H27NO4S. The van der Waals surface area contributed by atoms with Crippen molar-refractivity contribution in [1.29, 1.82) is 0 Å². The molecule has 0 saturated carbocycles. The summed E-state index contributed by atoms with van der Waals surface area (Å²) in [7, 11) is -3.31. The molecule has 1 aromatic carbocycles. The van der Waals surface area contributed by atoms with Crippen molar-refractivity contribution in [3.63, 3.8) is 0 Å². The molecular weight excluding hydrogens is 338 g/mol. The molecule has 2 saturated heterocycles. The second-order valence-corrected chi connectivity index (χ2v) is 9.18. The Kier molecular flexibility index (Phi) is 5.92. The normalized spacial score (nSPS) is 23.5. The number of nitrogens with zero attached hydrogens (tertiary/aromatic N) is 1. The third-order valence-corrected chi connectivity index (χ3v) is 7.17. The molecule has 0 bridgehead atoms. The average Bonchev–Trinajstić information content (AvgIpc) is 2.62. The highest BCUT2D eigenvalue weighted by atomic mass is 32.2. The number of aryl methyl sites for hydroxylation is 1. The van der Waals surface area contributed by atoms with Gasteiger partial charge in [-0.3, -0.25) is 4.79 Å². The number of ketones is 1. The van der Waals surface area contributed by atoms with Crippen LogP contribution in [0.1, 0.15) is 48.0 Å². The minimum absolute atomic E-state index is 0.0730. The summed E-state index contributed by atoms with van der Waals surface area (Å²) >= 11 is 0. The molecule has 0 aromatic heterocycles. The van der Waals surface area contributed by atoms with Gasteiger partial charge in [-0.15, -0.1) is 0 Å². The first-order valence-corrected chi connectivity index (χ1v) is 10.8. The predicted octanol–water partition coefficient (Wildman–Crippen LogP) is 2.79. The summed E-state index contributed by atoms with van der Waals surface area (Å²) in [4.78, 5) is 12.6. The number of sulfonamides is 1. The fourth-order valence-electron chi connectivity index (χ4n) is 3.63. The number of ether oxygens (including phenoxy) is 1. The molecule has 1 aromatic rings. The van der Waals surface area contributed by atoms with E-state index < -0.39 is 10.0 Å². The molecule has 0 aliphatic carbocycles. The minimum Gasteiger partial charge on any atom is -0.377 e. The van der Waals surface area contributed by atoms with Crippen LogP contribution in [0, 0.1) is 12.8 Å². The smallest absolute Gasteiger partial charge is 0.216 e. The molecule has 0 N–H and O–H groups in total. The molecule has 2 fully saturated rings. The summed E-state index contributed by atoms with van der Waals surface area (Å²) in [6.07, 6.45) is 3.89. The number of piperidine rings is 1. The number of benzene rings is 1. The summed E-state index contributed by atoms with van der Waals surface area (Å²) in [5.74, 6) is 0.122. The maximum atomic E-state index is 12.6. The maximum Gasteiger partial charge on any atom is 0.216 e. The van der Waals surface area contributed by atoms with Gasteiger partial charge in [0.15, 0.2) is 5.78 Å². The van der Waals surface area contributed by atoms with E-state index in [1.165, 1.54) is 0 Å². The minimum atomic E-state index is -3.31. The topological polar surface area (TPSA) is 63.7 Å². The van der Waals surface area contributed by atoms with Gasteiger partial charge in [-0.25, -0.2) is 12.7 Å². The second kappa shape index (κ2) is 7.98. The van der Waals surface area contributed by atoms with Gasteiger partial charge in [0.1, 0.15) is 0 Å². The summed E-state index contributed by atoms with van der Waals surface area (Å²) in [6, 6.07) is 7.61. The molecule has 25 heavy (non-hydrogen) atoms. The highest BCUT2D eigenvalue weighted by Crippen LogP contribution is 2.25. The number of carbonyl (C=O) groups is 1. The van der Waals surface area contributed by atoms with Crippen molar-refractivity contribution in [2.75, 3.05) is 25.4 Å². The molecule has 6 heteroatoms. The van der Waals surface area contributed by atoms with E-state index in [9.17, 15) is 13.2 Å². The number of rotatable bonds is 5. The summed E-state index contributed by atoms with van der Waals surface area (Å²) in [5.41, 5.74) is 1.85. The molecule has 1 unspecified atom stereocenters. The van der Waals surface area contributed by atoms with E-state index in [4.69, 9.17) is 4.74 Å². The van der Waals surface area contributed by atoms with Crippen molar-refractivity contribution >= 4 is 15.8 Å². The van der Waals surface area contributed by atoms with Gasteiger partial charge in [0, 0.05) is 31.2 Å². The van der Waals surface area contributed by atoms with Crippen LogP contribution in [0.4, 0.5) is 0 Å². The average molecular weight is 365 g/mol. The van der Waals surface area contributed by atoms with Crippen LogP contribution in [-0.2, 0) is 14.8 Å². The van der Waals surface area contributed by atoms with Crippen LogP contribution in [0.25, 0.3) is 0 Å². The van der Waals surface area contributed by atoms with E-state index in [1.54, 1.807) is 4.31 Å². The lowest BCUT2D eigenvalue weighted by Gasteiger charge is -2.32. The van der Waals surface area contributed by atoms with E-state index in [0.717, 1.165) is 30.4 Å². The van der Waals surface area contributed by atoms with E-state index in [1.807, 2.05) is 31.2 Å². The Morgan fingerprint density at radius 2 is 1.80 bits per heavy atom. The first kappa shape index (κ1) is 18.5. The van der Waals surface area contributed by atoms with Crippen LogP contribution < -0.4 is 0 Å². The highest BCUT2D eigenvalue weighted by Gasteiger charge is 2.33. The van der Waals surface area contributed by atoms with E-state index in [2.05, 4.69) is 0 Å². The van der Waals surface area contributed by atoms with Crippen LogP contribution in [-0.4, -0.2) is 50.1 Å². The maximum absolute atomic E-state index is 12.6. The van der Waals surface area contributed by atoms with Crippen LogP contribution in [0.15, 0.2) is 24.3 Å². The van der Waals surface area contributed by atoms with E-state index in [-0.39, 0.29) is 23.6 Å². The van der Waals surface area contributed by atoms with Gasteiger partial charge >= 0.3 is 0 Å². The van der Waals surface area contributed by atoms with Crippen molar-refractivity contribution in [3.8, 4) is 0 Å². The zero-order valence-corrected chi connectivity index (χ0v) is 15.6. The van der Waals surface area contributed by atoms with Crippen molar-refractivity contribution in [1.82, 2.24) is 4.31 Å². The number of hydrogen-bond donors (Lipinski definition) is 0. The quantitative estimate of drug-likeness (QED) is 0.753. The molecule has 5 nitrogen and oxygen atoms in total. The number of Topliss-reactive ketones (excluding diaryl/α,β-unsaturated/α-hetero) is 1. The molecule has 0 spiro atoms. The Morgan fingerprint density at radius 3 is 2.40 bits per heavy atom. The molecule has 3 rings (SSSR count). The molecule has 2 aliphatic rings. The number of carbonyl (C=O) groups excluding carboxylic acids is 1. The molecule has 2 aliphatic heterocycles. The van der Waals surface area contributed by atoms with Crippen LogP contribution in [0.5, 0.6) is 0 Å². The van der Waals surface area contributed by atoms with Crippen LogP contribution in [0.2, 0.25) is 0 Å². The van der Waals surface area contributed by atoms with Crippen molar-refractivity contribution in [2.24, 2.45) is 5.92 Å². The van der Waals surface area contributed by atoms with Crippen LogP contribution in [0.3, 0.4) is 0 Å². The Balaban J connectivity index is 1.55. The standard InChI is InChI=1S/C19H27NO4S/c1-15-5-7-16(8-6-15)19(21)17-9-11-20(12-10-17)25(22,23)14-18-4-2-3-13-24-18/h5-8,17-18H,2-4,9-14H2,1H3. The molecule has 1 atom stereocenters. The zero-order chi connectivity index (χ0) is 17.9. The second-order valence-electron chi connectivity index (χ2n) is 7.17. The van der Waals surface area contributed by atoms with Gasteiger partial charge in [0.25, 0.3) is 0 Å².